The van der Waals surface area contributed by atoms with Gasteiger partial charge in [-0.1, -0.05) is 33.1 Å². The Bertz CT molecular complexity index is 295. The third kappa shape index (κ3) is 7.36. The highest BCUT2D eigenvalue weighted by molar-refractivity contribution is 5.76. The molecular weight excluding hydrogens is 256 g/mol. The van der Waals surface area contributed by atoms with E-state index in [2.05, 4.69) is 19.2 Å². The Kier molecular flexibility index (Phi) is 9.86. The molecule has 2 atom stereocenters. The van der Waals surface area contributed by atoms with Crippen LogP contribution in [0.2, 0.25) is 0 Å². The molecule has 0 bridgehead atoms. The van der Waals surface area contributed by atoms with Gasteiger partial charge >= 0.3 is 12.0 Å². The number of amides is 2. The molecule has 0 aliphatic carbocycles. The van der Waals surface area contributed by atoms with Gasteiger partial charge in [0.1, 0.15) is 0 Å². The van der Waals surface area contributed by atoms with Crippen LogP contribution < -0.4 is 5.32 Å². The fourth-order valence-corrected chi connectivity index (χ4v) is 2.36. The van der Waals surface area contributed by atoms with Gasteiger partial charge in [0.2, 0.25) is 0 Å². The summed E-state index contributed by atoms with van der Waals surface area (Å²) in [7, 11) is 0. The number of carboxylic acids is 1. The van der Waals surface area contributed by atoms with Crippen molar-refractivity contribution in [2.75, 3.05) is 6.54 Å². The van der Waals surface area contributed by atoms with Crippen molar-refractivity contribution in [3.05, 3.63) is 0 Å². The van der Waals surface area contributed by atoms with Crippen LogP contribution in [0.15, 0.2) is 0 Å². The zero-order chi connectivity index (χ0) is 15.5. The molecule has 0 aromatic rings. The first kappa shape index (κ1) is 18.7. The summed E-state index contributed by atoms with van der Waals surface area (Å²) in [5.74, 6) is -0.875. The van der Waals surface area contributed by atoms with E-state index in [-0.39, 0.29) is 24.5 Å². The number of nitrogens with zero attached hydrogens (tertiary/aromatic N) is 1. The fourth-order valence-electron chi connectivity index (χ4n) is 2.36. The van der Waals surface area contributed by atoms with E-state index >= 15 is 0 Å². The number of rotatable bonds is 10. The number of nitrogens with one attached hydrogen (secondary N) is 1. The summed E-state index contributed by atoms with van der Waals surface area (Å²) >= 11 is 0. The maximum atomic E-state index is 12.3. The van der Waals surface area contributed by atoms with Crippen molar-refractivity contribution >= 4 is 12.0 Å². The third-order valence-electron chi connectivity index (χ3n) is 3.47. The molecule has 0 fully saturated rings. The van der Waals surface area contributed by atoms with Gasteiger partial charge in [-0.15, -0.1) is 0 Å². The van der Waals surface area contributed by atoms with Crippen LogP contribution in [0.5, 0.6) is 0 Å². The summed E-state index contributed by atoms with van der Waals surface area (Å²) in [6.45, 7) is 8.41. The van der Waals surface area contributed by atoms with Crippen molar-refractivity contribution in [3.63, 3.8) is 0 Å². The highest BCUT2D eigenvalue weighted by atomic mass is 16.4. The van der Waals surface area contributed by atoms with Crippen molar-refractivity contribution in [3.8, 4) is 0 Å². The zero-order valence-corrected chi connectivity index (χ0v) is 13.3. The third-order valence-corrected chi connectivity index (χ3v) is 3.47. The Balaban J connectivity index is 4.52. The standard InChI is InChI=1S/C15H30N2O3/c1-5-8-10-13(9-6-2)16-15(20)17(7-3)12(4)11-14(18)19/h12-13H,5-11H2,1-4H3,(H,16,20)(H,18,19). The molecule has 0 saturated heterocycles. The molecule has 0 aromatic heterocycles. The summed E-state index contributed by atoms with van der Waals surface area (Å²) in [6.07, 6.45) is 5.18. The SMILES string of the molecule is CCCCC(CCC)NC(=O)N(CC)C(C)CC(=O)O. The number of aliphatic carboxylic acids is 1. The molecule has 0 heterocycles. The molecule has 2 N–H and O–H groups in total. The van der Waals surface area contributed by atoms with Crippen molar-refractivity contribution < 1.29 is 14.7 Å². The average Bonchev–Trinajstić information content (AvgIpc) is 2.36. The zero-order valence-electron chi connectivity index (χ0n) is 13.3. The minimum Gasteiger partial charge on any atom is -0.481 e. The largest absolute Gasteiger partial charge is 0.481 e. The summed E-state index contributed by atoms with van der Waals surface area (Å²) in [5, 5.41) is 11.9. The Labute approximate surface area is 122 Å². The van der Waals surface area contributed by atoms with Gasteiger partial charge in [-0.3, -0.25) is 4.79 Å². The molecule has 5 nitrogen and oxygen atoms in total. The van der Waals surface area contributed by atoms with E-state index in [4.69, 9.17) is 5.11 Å². The van der Waals surface area contributed by atoms with Gasteiger partial charge in [-0.2, -0.15) is 0 Å². The van der Waals surface area contributed by atoms with Gasteiger partial charge in [0.15, 0.2) is 0 Å². The van der Waals surface area contributed by atoms with Gasteiger partial charge in [-0.05, 0) is 26.7 Å². The van der Waals surface area contributed by atoms with E-state index in [1.807, 2.05) is 6.92 Å². The second kappa shape index (κ2) is 10.5. The lowest BCUT2D eigenvalue weighted by Crippen LogP contribution is -2.48. The number of carboxylic acid groups (broad SMARTS) is 1. The van der Waals surface area contributed by atoms with Crippen LogP contribution >= 0.6 is 0 Å². The molecule has 0 aliphatic rings. The Morgan fingerprint density at radius 1 is 1.15 bits per heavy atom. The lowest BCUT2D eigenvalue weighted by molar-refractivity contribution is -0.138. The summed E-state index contributed by atoms with van der Waals surface area (Å²) in [5.41, 5.74) is 0. The normalized spacial score (nSPS) is 13.6. The Morgan fingerprint density at radius 3 is 2.25 bits per heavy atom. The van der Waals surface area contributed by atoms with Crippen molar-refractivity contribution in [1.29, 1.82) is 0 Å². The molecule has 20 heavy (non-hydrogen) atoms. The molecular formula is C15H30N2O3. The van der Waals surface area contributed by atoms with Crippen molar-refractivity contribution in [2.24, 2.45) is 0 Å². The lowest BCUT2D eigenvalue weighted by atomic mass is 10.1. The fraction of sp³-hybridized carbons (Fsp3) is 0.867. The van der Waals surface area contributed by atoms with Crippen LogP contribution in [-0.4, -0.2) is 40.6 Å². The lowest BCUT2D eigenvalue weighted by Gasteiger charge is -2.29. The van der Waals surface area contributed by atoms with E-state index in [1.54, 1.807) is 11.8 Å². The van der Waals surface area contributed by atoms with E-state index in [0.717, 1.165) is 32.1 Å². The highest BCUT2D eigenvalue weighted by Gasteiger charge is 2.22. The molecule has 0 aliphatic heterocycles. The molecule has 0 saturated carbocycles. The molecule has 0 rings (SSSR count). The van der Waals surface area contributed by atoms with Gasteiger partial charge in [0.25, 0.3) is 0 Å². The van der Waals surface area contributed by atoms with Crippen molar-refractivity contribution in [1.82, 2.24) is 10.2 Å². The molecule has 5 heteroatoms. The van der Waals surface area contributed by atoms with Gasteiger partial charge in [0, 0.05) is 18.6 Å². The smallest absolute Gasteiger partial charge is 0.317 e. The number of hydrogen-bond acceptors (Lipinski definition) is 2. The first-order valence-corrected chi connectivity index (χ1v) is 7.75. The summed E-state index contributed by atoms with van der Waals surface area (Å²) in [4.78, 5) is 24.6. The van der Waals surface area contributed by atoms with Crippen LogP contribution in [-0.2, 0) is 4.79 Å². The molecule has 0 spiro atoms. The van der Waals surface area contributed by atoms with E-state index in [1.165, 1.54) is 0 Å². The summed E-state index contributed by atoms with van der Waals surface area (Å²) in [6, 6.07) is -0.236. The predicted molar refractivity (Wildman–Crippen MR) is 80.8 cm³/mol. The van der Waals surface area contributed by atoms with Crippen LogP contribution in [0, 0.1) is 0 Å². The molecule has 118 valence electrons. The van der Waals surface area contributed by atoms with Gasteiger partial charge < -0.3 is 15.3 Å². The number of carbonyl (C=O) groups excluding carboxylic acids is 1. The van der Waals surface area contributed by atoms with Crippen LogP contribution in [0.1, 0.15) is 66.2 Å². The van der Waals surface area contributed by atoms with E-state index in [0.29, 0.717) is 6.54 Å². The van der Waals surface area contributed by atoms with Crippen LogP contribution in [0.25, 0.3) is 0 Å². The van der Waals surface area contributed by atoms with Crippen LogP contribution in [0.3, 0.4) is 0 Å². The summed E-state index contributed by atoms with van der Waals surface area (Å²) < 4.78 is 0. The molecule has 0 aromatic carbocycles. The van der Waals surface area contributed by atoms with Crippen LogP contribution in [0.4, 0.5) is 4.79 Å². The highest BCUT2D eigenvalue weighted by Crippen LogP contribution is 2.10. The van der Waals surface area contributed by atoms with Crippen molar-refractivity contribution in [2.45, 2.75) is 78.3 Å². The van der Waals surface area contributed by atoms with E-state index < -0.39 is 5.97 Å². The Morgan fingerprint density at radius 2 is 1.80 bits per heavy atom. The first-order valence-electron chi connectivity index (χ1n) is 7.75. The predicted octanol–water partition coefficient (Wildman–Crippen LogP) is 3.24. The number of urea groups is 1. The molecule has 0 radical (unpaired) electrons. The quantitative estimate of drug-likeness (QED) is 0.647. The van der Waals surface area contributed by atoms with Gasteiger partial charge in [0.05, 0.1) is 6.42 Å². The van der Waals surface area contributed by atoms with E-state index in [9.17, 15) is 9.59 Å². The minimum absolute atomic E-state index is 0.0192. The number of carbonyl (C=O) groups is 2. The minimum atomic E-state index is -0.875. The molecule has 2 amide bonds. The monoisotopic (exact) mass is 286 g/mol. The number of hydrogen-bond donors (Lipinski definition) is 2. The average molecular weight is 286 g/mol. The number of unbranched alkanes of at least 4 members (excludes halogenated alkanes) is 1. The molecule has 2 unspecified atom stereocenters. The maximum Gasteiger partial charge on any atom is 0.317 e. The topological polar surface area (TPSA) is 69.6 Å². The second-order valence-electron chi connectivity index (χ2n) is 5.31. The first-order chi connectivity index (χ1) is 9.46. The maximum absolute atomic E-state index is 12.3. The second-order valence-corrected chi connectivity index (χ2v) is 5.31. The Hall–Kier alpha value is -1.26. The van der Waals surface area contributed by atoms with Gasteiger partial charge in [-0.25, -0.2) is 4.79 Å².